The first-order valence-electron chi connectivity index (χ1n) is 8.77. The number of H-pyrrole nitrogens is 1. The predicted molar refractivity (Wildman–Crippen MR) is 117 cm³/mol. The Morgan fingerprint density at radius 3 is 2.45 bits per heavy atom. The fourth-order valence-corrected chi connectivity index (χ4v) is 5.27. The van der Waals surface area contributed by atoms with Crippen molar-refractivity contribution in [1.82, 2.24) is 15.0 Å². The van der Waals surface area contributed by atoms with Gasteiger partial charge < -0.3 is 37.8 Å². The van der Waals surface area contributed by atoms with Crippen molar-refractivity contribution in [2.45, 2.75) is 26.8 Å². The zero-order chi connectivity index (χ0) is 23.9. The lowest BCUT2D eigenvalue weighted by molar-refractivity contribution is -0.689. The summed E-state index contributed by atoms with van der Waals surface area (Å²) in [5, 5.41) is 1.71. The Morgan fingerprint density at radius 1 is 1.24 bits per heavy atom. The van der Waals surface area contributed by atoms with Crippen molar-refractivity contribution in [3.05, 3.63) is 54.9 Å². The number of thiazole rings is 2. The third-order valence-corrected chi connectivity index (χ3v) is 7.69. The first-order chi connectivity index (χ1) is 14.9. The van der Waals surface area contributed by atoms with E-state index in [1.807, 2.05) is 17.0 Å². The fraction of sp³-hybridized carbons (Fsp3) is 0.333. The summed E-state index contributed by atoms with van der Waals surface area (Å²) in [4.78, 5) is 47.9. The Labute approximate surface area is 202 Å². The van der Waals surface area contributed by atoms with Crippen LogP contribution in [0.2, 0.25) is 0 Å². The highest BCUT2D eigenvalue weighted by Crippen LogP contribution is 2.57. The molecule has 0 saturated carbocycles. The lowest BCUT2D eigenvalue weighted by Crippen LogP contribution is -3.00. The van der Waals surface area contributed by atoms with E-state index >= 15 is 0 Å². The van der Waals surface area contributed by atoms with Crippen LogP contribution < -0.4 is 27.6 Å². The fourth-order valence-electron chi connectivity index (χ4n) is 2.31. The van der Waals surface area contributed by atoms with Crippen molar-refractivity contribution in [3.63, 3.8) is 0 Å². The maximum atomic E-state index is 11.4. The quantitative estimate of drug-likeness (QED) is 0.155. The second-order valence-electron chi connectivity index (χ2n) is 6.16. The van der Waals surface area contributed by atoms with Crippen LogP contribution in [0, 0.1) is 13.8 Å². The monoisotopic (exact) mass is 561 g/mol. The van der Waals surface area contributed by atoms with E-state index < -0.39 is 15.6 Å². The number of hydrogen-bond donors (Lipinski definition) is 5. The smallest absolute Gasteiger partial charge is 0.481 e. The minimum Gasteiger partial charge on any atom is -1.00 e. The third kappa shape index (κ3) is 10.5. The van der Waals surface area contributed by atoms with Crippen molar-refractivity contribution in [1.29, 1.82) is 0 Å². The largest absolute Gasteiger partial charge is 1.00 e. The molecule has 0 fully saturated rings. The van der Waals surface area contributed by atoms with Gasteiger partial charge in [-0.2, -0.15) is 8.88 Å². The van der Waals surface area contributed by atoms with Crippen LogP contribution in [0.25, 0.3) is 0 Å². The van der Waals surface area contributed by atoms with Gasteiger partial charge in [0, 0.05) is 31.1 Å². The normalized spacial score (nSPS) is 12.9. The minimum absolute atomic E-state index is 0. The first-order valence-corrected chi connectivity index (χ1v) is 13.6. The van der Waals surface area contributed by atoms with E-state index in [9.17, 15) is 18.8 Å². The van der Waals surface area contributed by atoms with E-state index in [1.54, 1.807) is 24.7 Å². The summed E-state index contributed by atoms with van der Waals surface area (Å²) in [7, 11) is -9.94. The van der Waals surface area contributed by atoms with Crippen LogP contribution >= 0.6 is 38.3 Å². The Balaban J connectivity index is 0.000000673. The van der Waals surface area contributed by atoms with E-state index in [2.05, 4.69) is 23.8 Å². The number of nitrogens with one attached hydrogen (secondary N) is 1. The average molecular weight is 562 g/mol. The Hall–Kier alpha value is -1.51. The summed E-state index contributed by atoms with van der Waals surface area (Å²) in [6.07, 6.45) is 3.54. The number of aromatic nitrogens is 4. The topological polar surface area (TPSA) is 202 Å². The maximum Gasteiger partial charge on any atom is 0.481 e. The highest BCUT2D eigenvalue weighted by molar-refractivity contribution is 7.60. The van der Waals surface area contributed by atoms with Crippen LogP contribution in [0.1, 0.15) is 22.0 Å². The van der Waals surface area contributed by atoms with Gasteiger partial charge in [0.15, 0.2) is 12.2 Å². The van der Waals surface area contributed by atoms with Crippen LogP contribution in [0.15, 0.2) is 28.1 Å². The molecule has 33 heavy (non-hydrogen) atoms. The van der Waals surface area contributed by atoms with Crippen molar-refractivity contribution >= 4 is 44.1 Å². The molecule has 0 radical (unpaired) electrons. The van der Waals surface area contributed by atoms with Gasteiger partial charge >= 0.3 is 20.5 Å². The number of hydrogen-bond acceptors (Lipinski definition) is 10. The summed E-state index contributed by atoms with van der Waals surface area (Å²) in [5.74, 6) is 0.985. The molecule has 3 aromatic heterocycles. The minimum atomic E-state index is -5.12. The van der Waals surface area contributed by atoms with Gasteiger partial charge in [0.05, 0.1) is 17.0 Å². The standard InChI is InChI=1S/C12H18N4O7P2S.C3H3NOS.ClH/c1-8-11(3-4-22-25(20,21)23-24(17,18)19)26-7-16(8)6-10-5-14-9(2)15-12(10)13;5-3-4-1-2-6-3;/h5,7H,3-4,6H2,1-2H3,(H4-,13,14,15,17,18,19,20,21);1-2H,(H,4,5);1H. The number of aromatic amines is 1. The Kier molecular flexibility index (Phi) is 11.5. The van der Waals surface area contributed by atoms with Crippen molar-refractivity contribution in [2.75, 3.05) is 12.3 Å². The number of phosphoric acid groups is 2. The van der Waals surface area contributed by atoms with Crippen LogP contribution in [-0.2, 0) is 30.9 Å². The molecule has 0 bridgehead atoms. The molecule has 6 N–H and O–H groups in total. The van der Waals surface area contributed by atoms with Crippen molar-refractivity contribution in [3.8, 4) is 0 Å². The molecule has 1 unspecified atom stereocenters. The molecule has 0 saturated heterocycles. The second kappa shape index (κ2) is 12.8. The molecular formula is C15H22ClN5O8P2S2. The number of halogens is 1. The summed E-state index contributed by atoms with van der Waals surface area (Å²) in [6, 6.07) is 0. The molecule has 1 atom stereocenters. The van der Waals surface area contributed by atoms with Crippen molar-refractivity contribution in [2.24, 2.45) is 0 Å². The van der Waals surface area contributed by atoms with E-state index in [-0.39, 0.29) is 30.3 Å². The molecule has 3 heterocycles. The number of nitrogens with two attached hydrogens (primary N) is 1. The van der Waals surface area contributed by atoms with E-state index in [0.29, 0.717) is 18.2 Å². The molecule has 184 valence electrons. The number of rotatable bonds is 8. The van der Waals surface area contributed by atoms with Gasteiger partial charge in [-0.1, -0.05) is 22.7 Å². The zero-order valence-corrected chi connectivity index (χ0v) is 21.5. The van der Waals surface area contributed by atoms with Crippen LogP contribution in [-0.4, -0.2) is 36.2 Å². The molecule has 13 nitrogen and oxygen atoms in total. The molecule has 3 aromatic rings. The summed E-state index contributed by atoms with van der Waals surface area (Å²) >= 11 is 2.57. The first kappa shape index (κ1) is 29.5. The predicted octanol–water partition coefficient (Wildman–Crippen LogP) is -1.72. The number of phosphoric ester groups is 1. The Bertz CT molecular complexity index is 1180. The van der Waals surface area contributed by atoms with E-state index in [1.165, 1.54) is 22.7 Å². The molecular weight excluding hydrogens is 540 g/mol. The summed E-state index contributed by atoms with van der Waals surface area (Å²) in [5.41, 5.74) is 9.40. The van der Waals surface area contributed by atoms with Gasteiger partial charge in [0.1, 0.15) is 11.6 Å². The lowest BCUT2D eigenvalue weighted by Gasteiger charge is -2.11. The molecule has 3 rings (SSSR count). The number of nitrogens with zero attached hydrogens (tertiary/aromatic N) is 3. The van der Waals surface area contributed by atoms with Gasteiger partial charge in [-0.25, -0.2) is 19.1 Å². The average Bonchev–Trinajstić information content (AvgIpc) is 3.26. The van der Waals surface area contributed by atoms with Gasteiger partial charge in [-0.3, -0.25) is 9.32 Å². The third-order valence-electron chi connectivity index (χ3n) is 3.75. The van der Waals surface area contributed by atoms with Gasteiger partial charge in [0.2, 0.25) is 5.51 Å². The van der Waals surface area contributed by atoms with Crippen LogP contribution in [0.5, 0.6) is 0 Å². The maximum absolute atomic E-state index is 11.4. The molecule has 0 aliphatic rings. The van der Waals surface area contributed by atoms with Gasteiger partial charge in [-0.15, -0.1) is 0 Å². The lowest BCUT2D eigenvalue weighted by atomic mass is 10.2. The van der Waals surface area contributed by atoms with Crippen LogP contribution in [0.3, 0.4) is 0 Å². The molecule has 0 aromatic carbocycles. The summed E-state index contributed by atoms with van der Waals surface area (Å²) < 4.78 is 32.2. The number of nitrogen functional groups attached to an aromatic ring is 1. The summed E-state index contributed by atoms with van der Waals surface area (Å²) in [6.45, 7) is 3.83. The Morgan fingerprint density at radius 2 is 1.94 bits per heavy atom. The highest BCUT2D eigenvalue weighted by Gasteiger charge is 2.32. The molecule has 0 aliphatic heterocycles. The SMILES string of the molecule is Cc1ncc(C[n+]2csc(CCOP(=O)(O)OP(=O)(O)O)c2C)c(N)n1.O=c1[nH]ccs1.[Cl-]. The number of anilines is 1. The van der Waals surface area contributed by atoms with Crippen LogP contribution in [0.4, 0.5) is 5.82 Å². The van der Waals surface area contributed by atoms with Crippen molar-refractivity contribution < 1.29 is 49.6 Å². The highest BCUT2D eigenvalue weighted by atomic mass is 35.5. The zero-order valence-electron chi connectivity index (χ0n) is 17.3. The van der Waals surface area contributed by atoms with E-state index in [4.69, 9.17) is 15.5 Å². The second-order valence-corrected chi connectivity index (χ2v) is 10.8. The number of aryl methyl sites for hydroxylation is 1. The molecule has 0 amide bonds. The van der Waals surface area contributed by atoms with E-state index in [0.717, 1.165) is 16.1 Å². The molecule has 0 spiro atoms. The van der Waals surface area contributed by atoms with Gasteiger partial charge in [-0.05, 0) is 6.92 Å². The molecule has 0 aliphatic carbocycles. The van der Waals surface area contributed by atoms with Gasteiger partial charge in [0.25, 0.3) is 0 Å². The molecule has 18 heteroatoms.